The monoisotopic (exact) mass is 221 g/mol. The van der Waals surface area contributed by atoms with Crippen molar-refractivity contribution in [1.29, 1.82) is 0 Å². The molecule has 0 spiro atoms. The zero-order chi connectivity index (χ0) is 11.2. The fourth-order valence-corrected chi connectivity index (χ4v) is 0.830. The summed E-state index contributed by atoms with van der Waals surface area (Å²) in [7, 11) is 1.63. The fraction of sp³-hybridized carbons (Fsp3) is 0.889. The Morgan fingerprint density at radius 3 is 2.57 bits per heavy atom. The van der Waals surface area contributed by atoms with Crippen molar-refractivity contribution in [2.75, 3.05) is 19.5 Å². The molecule has 0 saturated carbocycles. The van der Waals surface area contributed by atoms with E-state index in [1.165, 1.54) is 0 Å². The first-order valence-corrected chi connectivity index (χ1v) is 5.14. The first kappa shape index (κ1) is 13.7. The van der Waals surface area contributed by atoms with Crippen LogP contribution in [0.4, 0.5) is 0 Å². The summed E-state index contributed by atoms with van der Waals surface area (Å²) in [6.07, 6.45) is 0.647. The third kappa shape index (κ3) is 5.47. The number of ether oxygens (including phenoxy) is 2. The van der Waals surface area contributed by atoms with Crippen LogP contribution in [0.25, 0.3) is 0 Å². The minimum atomic E-state index is -0.635. The molecule has 0 aliphatic heterocycles. The van der Waals surface area contributed by atoms with Crippen molar-refractivity contribution >= 4 is 18.6 Å². The number of carbonyl (C=O) groups excluding carboxylic acids is 1. The van der Waals surface area contributed by atoms with Crippen LogP contribution in [0.3, 0.4) is 0 Å². The van der Waals surface area contributed by atoms with Crippen LogP contribution in [0.5, 0.6) is 0 Å². The molecule has 5 heteroatoms. The Morgan fingerprint density at radius 1 is 1.57 bits per heavy atom. The van der Waals surface area contributed by atoms with Gasteiger partial charge in [-0.15, -0.1) is 0 Å². The maximum absolute atomic E-state index is 11.1. The standard InChI is InChI=1S/C9H19NO3S/c1-9(2,12-3)4-5-13-8(11)7(10)6-14/h7,14H,4-6,10H2,1-3H3/t7-/m1/s1. The highest BCUT2D eigenvalue weighted by Crippen LogP contribution is 2.12. The van der Waals surface area contributed by atoms with Gasteiger partial charge in [0, 0.05) is 19.3 Å². The van der Waals surface area contributed by atoms with E-state index in [9.17, 15) is 4.79 Å². The molecular weight excluding hydrogens is 202 g/mol. The zero-order valence-electron chi connectivity index (χ0n) is 8.95. The lowest BCUT2D eigenvalue weighted by Crippen LogP contribution is -2.35. The molecule has 0 bridgehead atoms. The third-order valence-electron chi connectivity index (χ3n) is 2.00. The van der Waals surface area contributed by atoms with Gasteiger partial charge in [0.15, 0.2) is 0 Å². The lowest BCUT2D eigenvalue weighted by Gasteiger charge is -2.22. The fourth-order valence-electron chi connectivity index (χ4n) is 0.681. The second-order valence-electron chi connectivity index (χ2n) is 3.67. The van der Waals surface area contributed by atoms with E-state index >= 15 is 0 Å². The van der Waals surface area contributed by atoms with Crippen molar-refractivity contribution in [1.82, 2.24) is 0 Å². The highest BCUT2D eigenvalue weighted by molar-refractivity contribution is 7.80. The molecule has 0 saturated heterocycles. The van der Waals surface area contributed by atoms with E-state index in [-0.39, 0.29) is 5.60 Å². The normalized spacial score (nSPS) is 13.8. The molecule has 0 unspecified atom stereocenters. The SMILES string of the molecule is COC(C)(C)CCOC(=O)[C@H](N)CS. The van der Waals surface area contributed by atoms with Crippen molar-refractivity contribution in [3.05, 3.63) is 0 Å². The Kier molecular flexibility index (Phi) is 6.15. The maximum Gasteiger partial charge on any atom is 0.323 e. The zero-order valence-corrected chi connectivity index (χ0v) is 9.84. The van der Waals surface area contributed by atoms with Crippen LogP contribution in [-0.2, 0) is 14.3 Å². The molecule has 0 amide bonds. The lowest BCUT2D eigenvalue weighted by atomic mass is 10.1. The van der Waals surface area contributed by atoms with E-state index in [2.05, 4.69) is 12.6 Å². The van der Waals surface area contributed by atoms with Crippen LogP contribution in [0.2, 0.25) is 0 Å². The number of thiol groups is 1. The molecule has 0 fully saturated rings. The molecule has 2 N–H and O–H groups in total. The van der Waals surface area contributed by atoms with Gasteiger partial charge in [-0.1, -0.05) is 0 Å². The average molecular weight is 221 g/mol. The van der Waals surface area contributed by atoms with Crippen molar-refractivity contribution in [2.45, 2.75) is 31.9 Å². The van der Waals surface area contributed by atoms with E-state index in [0.717, 1.165) is 0 Å². The molecule has 0 aromatic rings. The van der Waals surface area contributed by atoms with Crippen LogP contribution < -0.4 is 5.73 Å². The van der Waals surface area contributed by atoms with Crippen LogP contribution in [0, 0.1) is 0 Å². The molecular formula is C9H19NO3S. The minimum absolute atomic E-state index is 0.272. The summed E-state index contributed by atoms with van der Waals surface area (Å²) in [5.41, 5.74) is 5.14. The second kappa shape index (κ2) is 6.27. The summed E-state index contributed by atoms with van der Waals surface area (Å²) in [5.74, 6) is -0.112. The lowest BCUT2D eigenvalue weighted by molar-refractivity contribution is -0.146. The van der Waals surface area contributed by atoms with Gasteiger partial charge in [0.05, 0.1) is 12.2 Å². The number of nitrogens with two attached hydrogens (primary N) is 1. The van der Waals surface area contributed by atoms with Crippen LogP contribution in [0.1, 0.15) is 20.3 Å². The maximum atomic E-state index is 11.1. The smallest absolute Gasteiger partial charge is 0.323 e. The molecule has 0 rings (SSSR count). The summed E-state index contributed by atoms with van der Waals surface area (Å²) in [5, 5.41) is 0. The largest absolute Gasteiger partial charge is 0.464 e. The van der Waals surface area contributed by atoms with Crippen molar-refractivity contribution in [3.63, 3.8) is 0 Å². The first-order chi connectivity index (χ1) is 6.43. The number of carbonyl (C=O) groups is 1. The molecule has 4 nitrogen and oxygen atoms in total. The van der Waals surface area contributed by atoms with Gasteiger partial charge < -0.3 is 15.2 Å². The Labute approximate surface area is 90.5 Å². The highest BCUT2D eigenvalue weighted by Gasteiger charge is 2.18. The predicted molar refractivity (Wildman–Crippen MR) is 58.5 cm³/mol. The minimum Gasteiger partial charge on any atom is -0.464 e. The average Bonchev–Trinajstić information content (AvgIpc) is 2.16. The molecule has 0 aromatic carbocycles. The summed E-state index contributed by atoms with van der Waals surface area (Å²) in [4.78, 5) is 11.1. The van der Waals surface area contributed by atoms with E-state index in [0.29, 0.717) is 18.8 Å². The second-order valence-corrected chi connectivity index (χ2v) is 4.04. The van der Waals surface area contributed by atoms with E-state index in [4.69, 9.17) is 15.2 Å². The van der Waals surface area contributed by atoms with E-state index < -0.39 is 12.0 Å². The van der Waals surface area contributed by atoms with Crippen molar-refractivity contribution in [2.24, 2.45) is 5.73 Å². The van der Waals surface area contributed by atoms with E-state index in [1.807, 2.05) is 13.8 Å². The van der Waals surface area contributed by atoms with Crippen molar-refractivity contribution < 1.29 is 14.3 Å². The van der Waals surface area contributed by atoms with Crippen molar-refractivity contribution in [3.8, 4) is 0 Å². The van der Waals surface area contributed by atoms with E-state index in [1.54, 1.807) is 7.11 Å². The molecule has 0 aromatic heterocycles. The van der Waals surface area contributed by atoms with Crippen LogP contribution in [-0.4, -0.2) is 37.1 Å². The molecule has 84 valence electrons. The third-order valence-corrected chi connectivity index (χ3v) is 2.39. The molecule has 1 atom stereocenters. The Morgan fingerprint density at radius 2 is 2.14 bits per heavy atom. The number of methoxy groups -OCH3 is 1. The van der Waals surface area contributed by atoms with Gasteiger partial charge in [-0.2, -0.15) is 12.6 Å². The highest BCUT2D eigenvalue weighted by atomic mass is 32.1. The van der Waals surface area contributed by atoms with Gasteiger partial charge in [0.1, 0.15) is 6.04 Å². The number of rotatable bonds is 6. The molecule has 14 heavy (non-hydrogen) atoms. The van der Waals surface area contributed by atoms with Gasteiger partial charge in [0.2, 0.25) is 0 Å². The van der Waals surface area contributed by atoms with Crippen LogP contribution in [0.15, 0.2) is 0 Å². The molecule has 0 aliphatic carbocycles. The number of hydrogen-bond acceptors (Lipinski definition) is 5. The summed E-state index contributed by atoms with van der Waals surface area (Å²) in [6.45, 7) is 4.18. The van der Waals surface area contributed by atoms with Crippen LogP contribution >= 0.6 is 12.6 Å². The van der Waals surface area contributed by atoms with Gasteiger partial charge in [-0.25, -0.2) is 0 Å². The van der Waals surface area contributed by atoms with Gasteiger partial charge in [-0.05, 0) is 13.8 Å². The Balaban J connectivity index is 3.69. The van der Waals surface area contributed by atoms with Gasteiger partial charge in [0.25, 0.3) is 0 Å². The summed E-state index contributed by atoms with van der Waals surface area (Å²) >= 11 is 3.90. The molecule has 0 heterocycles. The topological polar surface area (TPSA) is 61.5 Å². The summed E-state index contributed by atoms with van der Waals surface area (Å²) in [6, 6.07) is -0.635. The number of esters is 1. The quantitative estimate of drug-likeness (QED) is 0.509. The first-order valence-electron chi connectivity index (χ1n) is 4.51. The molecule has 0 aliphatic rings. The number of hydrogen-bond donors (Lipinski definition) is 2. The Bertz CT molecular complexity index is 185. The van der Waals surface area contributed by atoms with Gasteiger partial charge >= 0.3 is 5.97 Å². The summed E-state index contributed by atoms with van der Waals surface area (Å²) < 4.78 is 10.1. The molecule has 0 radical (unpaired) electrons. The predicted octanol–water partition coefficient (Wildman–Crippen LogP) is 0.602. The van der Waals surface area contributed by atoms with Gasteiger partial charge in [-0.3, -0.25) is 4.79 Å². The Hall–Kier alpha value is -0.260.